The monoisotopic (exact) mass is 321 g/mol. The van der Waals surface area contributed by atoms with Gasteiger partial charge in [-0.3, -0.25) is 10.1 Å². The average molecular weight is 321 g/mol. The third kappa shape index (κ3) is 4.41. The minimum Gasteiger partial charge on any atom is -0.384 e. The van der Waals surface area contributed by atoms with Gasteiger partial charge in [-0.2, -0.15) is 0 Å². The molecule has 0 radical (unpaired) electrons. The average Bonchev–Trinajstić information content (AvgIpc) is 2.55. The largest absolute Gasteiger partial charge is 0.384 e. The van der Waals surface area contributed by atoms with Crippen LogP contribution in [0, 0.1) is 16.0 Å². The number of nitrogens with one attached hydrogen (secondary N) is 1. The van der Waals surface area contributed by atoms with Crippen molar-refractivity contribution in [3.8, 4) is 0 Å². The summed E-state index contributed by atoms with van der Waals surface area (Å²) in [6.07, 6.45) is 2.57. The number of aryl methyl sites for hydroxylation is 1. The Morgan fingerprint density at radius 2 is 2.30 bits per heavy atom. The van der Waals surface area contributed by atoms with E-state index in [2.05, 4.69) is 5.32 Å². The van der Waals surface area contributed by atoms with Crippen molar-refractivity contribution in [2.24, 2.45) is 5.92 Å². The smallest absolute Gasteiger partial charge is 0.321 e. The van der Waals surface area contributed by atoms with E-state index in [9.17, 15) is 14.9 Å². The zero-order valence-electron chi connectivity index (χ0n) is 13.6. The van der Waals surface area contributed by atoms with Gasteiger partial charge in [0.2, 0.25) is 0 Å². The highest BCUT2D eigenvalue weighted by atomic mass is 16.6. The van der Waals surface area contributed by atoms with Crippen LogP contribution in [0.4, 0.5) is 16.2 Å². The van der Waals surface area contributed by atoms with Crippen molar-refractivity contribution < 1.29 is 14.5 Å². The van der Waals surface area contributed by atoms with E-state index in [4.69, 9.17) is 4.74 Å². The molecule has 1 aliphatic heterocycles. The summed E-state index contributed by atoms with van der Waals surface area (Å²) >= 11 is 0. The predicted octanol–water partition coefficient (Wildman–Crippen LogP) is 3.05. The van der Waals surface area contributed by atoms with Crippen LogP contribution in [0.1, 0.15) is 25.3 Å². The van der Waals surface area contributed by atoms with Crippen LogP contribution < -0.4 is 5.32 Å². The molecule has 0 aliphatic carbocycles. The fourth-order valence-electron chi connectivity index (χ4n) is 2.93. The van der Waals surface area contributed by atoms with Crippen molar-refractivity contribution in [2.75, 3.05) is 32.1 Å². The lowest BCUT2D eigenvalue weighted by Crippen LogP contribution is -2.43. The number of hydrogen-bond acceptors (Lipinski definition) is 4. The standard InChI is InChI=1S/C16H23N3O4/c1-3-13-6-7-14(9-15(13)19(21)22)17-16(20)18-8-4-5-12(10-18)11-23-2/h6-7,9,12H,3-5,8,10-11H2,1-2H3,(H,17,20)/t12-/m0/s1. The van der Waals surface area contributed by atoms with Crippen LogP contribution in [-0.2, 0) is 11.2 Å². The number of carbonyl (C=O) groups is 1. The van der Waals surface area contributed by atoms with Gasteiger partial charge in [0.05, 0.1) is 11.5 Å². The minimum absolute atomic E-state index is 0.0428. The van der Waals surface area contributed by atoms with Gasteiger partial charge in [0, 0.05) is 43.4 Å². The summed E-state index contributed by atoms with van der Waals surface area (Å²) < 4.78 is 5.16. The second-order valence-electron chi connectivity index (χ2n) is 5.79. The first-order valence-electron chi connectivity index (χ1n) is 7.87. The molecule has 1 aromatic carbocycles. The first kappa shape index (κ1) is 17.2. The highest BCUT2D eigenvalue weighted by Gasteiger charge is 2.24. The molecule has 23 heavy (non-hydrogen) atoms. The van der Waals surface area contributed by atoms with Gasteiger partial charge in [0.15, 0.2) is 0 Å². The van der Waals surface area contributed by atoms with Crippen molar-refractivity contribution >= 4 is 17.4 Å². The topological polar surface area (TPSA) is 84.7 Å². The fraction of sp³-hybridized carbons (Fsp3) is 0.562. The van der Waals surface area contributed by atoms with E-state index < -0.39 is 4.92 Å². The molecule has 1 atom stereocenters. The molecule has 0 saturated carbocycles. The number of anilines is 1. The number of methoxy groups -OCH3 is 1. The number of rotatable bonds is 5. The van der Waals surface area contributed by atoms with Crippen LogP contribution in [0.2, 0.25) is 0 Å². The normalized spacial score (nSPS) is 17.8. The van der Waals surface area contributed by atoms with Gasteiger partial charge in [-0.25, -0.2) is 4.79 Å². The summed E-state index contributed by atoms with van der Waals surface area (Å²) in [5.74, 6) is 0.344. The number of ether oxygens (including phenoxy) is 1. The third-order valence-electron chi connectivity index (χ3n) is 4.12. The zero-order chi connectivity index (χ0) is 16.8. The fourth-order valence-corrected chi connectivity index (χ4v) is 2.93. The van der Waals surface area contributed by atoms with E-state index in [0.717, 1.165) is 12.8 Å². The van der Waals surface area contributed by atoms with E-state index in [1.54, 1.807) is 24.1 Å². The molecular weight excluding hydrogens is 298 g/mol. The minimum atomic E-state index is -0.413. The van der Waals surface area contributed by atoms with Gasteiger partial charge < -0.3 is 15.0 Å². The summed E-state index contributed by atoms with van der Waals surface area (Å²) in [6, 6.07) is 4.61. The second kappa shape index (κ2) is 7.92. The second-order valence-corrected chi connectivity index (χ2v) is 5.79. The molecule has 0 bridgehead atoms. The van der Waals surface area contributed by atoms with Crippen LogP contribution >= 0.6 is 0 Å². The lowest BCUT2D eigenvalue weighted by atomic mass is 9.99. The highest BCUT2D eigenvalue weighted by Crippen LogP contribution is 2.24. The molecule has 2 rings (SSSR count). The summed E-state index contributed by atoms with van der Waals surface area (Å²) in [7, 11) is 1.66. The van der Waals surface area contributed by atoms with Crippen LogP contribution in [0.3, 0.4) is 0 Å². The lowest BCUT2D eigenvalue weighted by molar-refractivity contribution is -0.385. The van der Waals surface area contributed by atoms with E-state index >= 15 is 0 Å². The molecule has 1 fully saturated rings. The Bertz CT molecular complexity index is 574. The summed E-state index contributed by atoms with van der Waals surface area (Å²) in [6.45, 7) is 3.85. The quantitative estimate of drug-likeness (QED) is 0.667. The van der Waals surface area contributed by atoms with E-state index in [0.29, 0.717) is 43.3 Å². The summed E-state index contributed by atoms with van der Waals surface area (Å²) in [4.78, 5) is 24.8. The highest BCUT2D eigenvalue weighted by molar-refractivity contribution is 5.89. The van der Waals surface area contributed by atoms with Gasteiger partial charge in [0.25, 0.3) is 5.69 Å². The van der Waals surface area contributed by atoms with Crippen LogP contribution in [0.25, 0.3) is 0 Å². The summed E-state index contributed by atoms with van der Waals surface area (Å²) in [5.41, 5.74) is 1.15. The molecule has 7 nitrogen and oxygen atoms in total. The molecule has 2 amide bonds. The Labute approximate surface area is 135 Å². The van der Waals surface area contributed by atoms with Crippen LogP contribution in [0.5, 0.6) is 0 Å². The Balaban J connectivity index is 2.05. The van der Waals surface area contributed by atoms with Crippen molar-refractivity contribution in [2.45, 2.75) is 26.2 Å². The van der Waals surface area contributed by atoms with Crippen molar-refractivity contribution in [1.82, 2.24) is 4.90 Å². The molecule has 1 saturated heterocycles. The van der Waals surface area contributed by atoms with E-state index in [-0.39, 0.29) is 11.7 Å². The van der Waals surface area contributed by atoms with Gasteiger partial charge in [-0.15, -0.1) is 0 Å². The molecule has 7 heteroatoms. The Hall–Kier alpha value is -2.15. The maximum absolute atomic E-state index is 12.4. The zero-order valence-corrected chi connectivity index (χ0v) is 13.6. The maximum Gasteiger partial charge on any atom is 0.321 e. The molecule has 0 aromatic heterocycles. The van der Waals surface area contributed by atoms with Gasteiger partial charge in [-0.05, 0) is 25.3 Å². The SMILES string of the molecule is CCc1ccc(NC(=O)N2CCC[C@H](COC)C2)cc1[N+](=O)[O-]. The molecule has 0 unspecified atom stereocenters. The number of amides is 2. The molecule has 1 aromatic rings. The van der Waals surface area contributed by atoms with Gasteiger partial charge >= 0.3 is 6.03 Å². The van der Waals surface area contributed by atoms with Crippen molar-refractivity contribution in [3.05, 3.63) is 33.9 Å². The predicted molar refractivity (Wildman–Crippen MR) is 87.7 cm³/mol. The number of hydrogen-bond donors (Lipinski definition) is 1. The van der Waals surface area contributed by atoms with Crippen molar-refractivity contribution in [1.29, 1.82) is 0 Å². The number of urea groups is 1. The molecule has 1 aliphatic rings. The third-order valence-corrected chi connectivity index (χ3v) is 4.12. The first-order chi connectivity index (χ1) is 11.0. The number of nitro benzene ring substituents is 1. The molecule has 1 N–H and O–H groups in total. The van der Waals surface area contributed by atoms with Gasteiger partial charge in [-0.1, -0.05) is 13.0 Å². The van der Waals surface area contributed by atoms with Gasteiger partial charge in [0.1, 0.15) is 0 Å². The van der Waals surface area contributed by atoms with E-state index in [1.807, 2.05) is 6.92 Å². The van der Waals surface area contributed by atoms with Crippen LogP contribution in [-0.4, -0.2) is 42.7 Å². The number of carbonyl (C=O) groups excluding carboxylic acids is 1. The molecular formula is C16H23N3O4. The lowest BCUT2D eigenvalue weighted by Gasteiger charge is -2.32. The Kier molecular flexibility index (Phi) is 5.92. The number of nitro groups is 1. The summed E-state index contributed by atoms with van der Waals surface area (Å²) in [5, 5.41) is 13.9. The number of benzene rings is 1. The van der Waals surface area contributed by atoms with Crippen LogP contribution in [0.15, 0.2) is 18.2 Å². The Morgan fingerprint density at radius 3 is 2.96 bits per heavy atom. The number of nitrogens with zero attached hydrogens (tertiary/aromatic N) is 2. The molecule has 126 valence electrons. The van der Waals surface area contributed by atoms with Crippen molar-refractivity contribution in [3.63, 3.8) is 0 Å². The molecule has 0 spiro atoms. The molecule has 1 heterocycles. The number of piperidine rings is 1. The maximum atomic E-state index is 12.4. The van der Waals surface area contributed by atoms with E-state index in [1.165, 1.54) is 6.07 Å². The first-order valence-corrected chi connectivity index (χ1v) is 7.87. The Morgan fingerprint density at radius 1 is 1.52 bits per heavy atom. The number of likely N-dealkylation sites (tertiary alicyclic amines) is 1.